The smallest absolute Gasteiger partial charge is 0.270 e. The van der Waals surface area contributed by atoms with Gasteiger partial charge in [0.05, 0.1) is 19.0 Å². The lowest BCUT2D eigenvalue weighted by molar-refractivity contribution is 0.0943. The summed E-state index contributed by atoms with van der Waals surface area (Å²) in [6.07, 6.45) is 5.60. The molecule has 1 saturated heterocycles. The zero-order valence-electron chi connectivity index (χ0n) is 12.6. The third-order valence-electron chi connectivity index (χ3n) is 4.01. The molecular formula is C16H17N5O2. The highest BCUT2D eigenvalue weighted by Crippen LogP contribution is 2.21. The van der Waals surface area contributed by atoms with E-state index in [1.807, 2.05) is 18.2 Å². The number of hydrogen-bond donors (Lipinski definition) is 1. The average molecular weight is 311 g/mol. The molecule has 3 aromatic heterocycles. The first-order chi connectivity index (χ1) is 11.3. The number of rotatable bonds is 4. The minimum absolute atomic E-state index is 0.217. The molecule has 3 aromatic rings. The summed E-state index contributed by atoms with van der Waals surface area (Å²) in [7, 11) is 0. The van der Waals surface area contributed by atoms with Crippen molar-refractivity contribution in [1.29, 1.82) is 0 Å². The van der Waals surface area contributed by atoms with Crippen LogP contribution in [0.25, 0.3) is 5.65 Å². The van der Waals surface area contributed by atoms with Gasteiger partial charge < -0.3 is 14.6 Å². The van der Waals surface area contributed by atoms with Gasteiger partial charge in [-0.15, -0.1) is 0 Å². The quantitative estimate of drug-likeness (QED) is 0.796. The van der Waals surface area contributed by atoms with Crippen LogP contribution in [0.2, 0.25) is 0 Å². The highest BCUT2D eigenvalue weighted by atomic mass is 16.3. The molecule has 0 unspecified atom stereocenters. The highest BCUT2D eigenvalue weighted by Gasteiger charge is 2.19. The predicted molar refractivity (Wildman–Crippen MR) is 84.3 cm³/mol. The zero-order valence-corrected chi connectivity index (χ0v) is 12.6. The topological polar surface area (TPSA) is 75.7 Å². The molecule has 7 nitrogen and oxygen atoms in total. The van der Waals surface area contributed by atoms with E-state index in [1.54, 1.807) is 23.0 Å². The van der Waals surface area contributed by atoms with Crippen molar-refractivity contribution in [3.8, 4) is 0 Å². The van der Waals surface area contributed by atoms with Crippen LogP contribution < -0.4 is 10.2 Å². The number of furan rings is 1. The first kappa shape index (κ1) is 13.8. The molecule has 23 heavy (non-hydrogen) atoms. The molecule has 118 valence electrons. The second-order valence-electron chi connectivity index (χ2n) is 5.56. The first-order valence-corrected chi connectivity index (χ1v) is 7.71. The molecule has 1 N–H and O–H groups in total. The summed E-state index contributed by atoms with van der Waals surface area (Å²) in [5.74, 6) is 1.41. The molecular weight excluding hydrogens is 294 g/mol. The Labute approximate surface area is 132 Å². The Morgan fingerprint density at radius 2 is 2.17 bits per heavy atom. The van der Waals surface area contributed by atoms with Crippen LogP contribution in [0.1, 0.15) is 29.1 Å². The van der Waals surface area contributed by atoms with E-state index in [0.29, 0.717) is 23.6 Å². The summed E-state index contributed by atoms with van der Waals surface area (Å²) in [5.41, 5.74) is 1.07. The van der Waals surface area contributed by atoms with Crippen molar-refractivity contribution in [2.24, 2.45) is 0 Å². The van der Waals surface area contributed by atoms with Crippen LogP contribution in [-0.4, -0.2) is 33.6 Å². The maximum Gasteiger partial charge on any atom is 0.270 e. The predicted octanol–water partition coefficient (Wildman–Crippen LogP) is 1.85. The van der Waals surface area contributed by atoms with Crippen LogP contribution in [0.3, 0.4) is 0 Å². The van der Waals surface area contributed by atoms with Crippen molar-refractivity contribution in [2.75, 3.05) is 18.0 Å². The monoisotopic (exact) mass is 311 g/mol. The Morgan fingerprint density at radius 3 is 2.96 bits per heavy atom. The molecule has 4 rings (SSSR count). The maximum absolute atomic E-state index is 12.4. The molecule has 1 aliphatic heterocycles. The van der Waals surface area contributed by atoms with Gasteiger partial charge in [-0.1, -0.05) is 0 Å². The lowest BCUT2D eigenvalue weighted by Crippen LogP contribution is -2.26. The van der Waals surface area contributed by atoms with Crippen molar-refractivity contribution >= 4 is 17.4 Å². The normalized spacial score (nSPS) is 14.5. The van der Waals surface area contributed by atoms with Gasteiger partial charge in [0.15, 0.2) is 5.65 Å². The number of nitrogens with zero attached hydrogens (tertiary/aromatic N) is 4. The summed E-state index contributed by atoms with van der Waals surface area (Å²) < 4.78 is 7.01. The molecule has 1 aliphatic rings. The Kier molecular flexibility index (Phi) is 3.45. The lowest BCUT2D eigenvalue weighted by Gasteiger charge is -2.19. The van der Waals surface area contributed by atoms with E-state index in [-0.39, 0.29) is 5.91 Å². The summed E-state index contributed by atoms with van der Waals surface area (Å²) in [6.45, 7) is 2.30. The van der Waals surface area contributed by atoms with Gasteiger partial charge in [-0.3, -0.25) is 4.79 Å². The van der Waals surface area contributed by atoms with Gasteiger partial charge in [-0.2, -0.15) is 9.61 Å². The number of anilines is 1. The number of aromatic nitrogens is 3. The summed E-state index contributed by atoms with van der Waals surface area (Å²) in [5, 5.41) is 7.15. The standard InChI is InChI=1S/C16H17N5O2/c22-16(17-11-12-4-3-9-23-12)13-10-15(20-7-1-2-8-20)21-14(19-13)5-6-18-21/h3-6,9-10H,1-2,7-8,11H2,(H,17,22). The van der Waals surface area contributed by atoms with E-state index < -0.39 is 0 Å². The van der Waals surface area contributed by atoms with E-state index in [9.17, 15) is 4.79 Å². The van der Waals surface area contributed by atoms with Gasteiger partial charge in [-0.25, -0.2) is 4.98 Å². The Balaban J connectivity index is 1.62. The molecule has 1 fully saturated rings. The number of carbonyl (C=O) groups is 1. The molecule has 0 radical (unpaired) electrons. The number of fused-ring (bicyclic) bond motifs is 1. The fourth-order valence-corrected chi connectivity index (χ4v) is 2.86. The first-order valence-electron chi connectivity index (χ1n) is 7.71. The largest absolute Gasteiger partial charge is 0.467 e. The Hall–Kier alpha value is -2.83. The van der Waals surface area contributed by atoms with Gasteiger partial charge in [0.1, 0.15) is 17.3 Å². The van der Waals surface area contributed by atoms with Gasteiger partial charge in [0.25, 0.3) is 5.91 Å². The summed E-state index contributed by atoms with van der Waals surface area (Å²) in [4.78, 5) is 19.0. The van der Waals surface area contributed by atoms with Gasteiger partial charge >= 0.3 is 0 Å². The molecule has 0 aliphatic carbocycles. The number of hydrogen-bond acceptors (Lipinski definition) is 5. The zero-order chi connectivity index (χ0) is 15.6. The maximum atomic E-state index is 12.4. The Bertz CT molecular complexity index is 818. The van der Waals surface area contributed by atoms with E-state index in [1.165, 1.54) is 0 Å². The third kappa shape index (κ3) is 2.65. The van der Waals surface area contributed by atoms with E-state index in [4.69, 9.17) is 4.42 Å². The van der Waals surface area contributed by atoms with Crippen LogP contribution in [0.4, 0.5) is 5.82 Å². The summed E-state index contributed by atoms with van der Waals surface area (Å²) in [6, 6.07) is 7.23. The number of amides is 1. The summed E-state index contributed by atoms with van der Waals surface area (Å²) >= 11 is 0. The van der Waals surface area contributed by atoms with Crippen LogP contribution in [-0.2, 0) is 6.54 Å². The molecule has 0 spiro atoms. The van der Waals surface area contributed by atoms with E-state index in [2.05, 4.69) is 20.3 Å². The van der Waals surface area contributed by atoms with Crippen molar-refractivity contribution < 1.29 is 9.21 Å². The van der Waals surface area contributed by atoms with Crippen LogP contribution in [0.15, 0.2) is 41.1 Å². The minimum atomic E-state index is -0.217. The Morgan fingerprint density at radius 1 is 1.30 bits per heavy atom. The molecule has 0 aromatic carbocycles. The van der Waals surface area contributed by atoms with Crippen molar-refractivity contribution in [1.82, 2.24) is 19.9 Å². The number of carbonyl (C=O) groups excluding carboxylic acids is 1. The van der Waals surface area contributed by atoms with Crippen molar-refractivity contribution in [3.63, 3.8) is 0 Å². The molecule has 7 heteroatoms. The molecule has 0 atom stereocenters. The highest BCUT2D eigenvalue weighted by molar-refractivity contribution is 5.93. The van der Waals surface area contributed by atoms with Crippen LogP contribution in [0.5, 0.6) is 0 Å². The molecule has 0 bridgehead atoms. The minimum Gasteiger partial charge on any atom is -0.467 e. The van der Waals surface area contributed by atoms with Crippen LogP contribution in [0, 0.1) is 0 Å². The molecule has 0 saturated carbocycles. The van der Waals surface area contributed by atoms with Crippen LogP contribution >= 0.6 is 0 Å². The molecule has 4 heterocycles. The fraction of sp³-hybridized carbons (Fsp3) is 0.312. The lowest BCUT2D eigenvalue weighted by atomic mass is 10.3. The second kappa shape index (κ2) is 5.75. The molecule has 1 amide bonds. The van der Waals surface area contributed by atoms with Gasteiger partial charge in [0, 0.05) is 25.2 Å². The average Bonchev–Trinajstić information content (AvgIpc) is 3.33. The third-order valence-corrected chi connectivity index (χ3v) is 4.01. The fourth-order valence-electron chi connectivity index (χ4n) is 2.86. The SMILES string of the molecule is O=C(NCc1ccco1)c1cc(N2CCCC2)n2nccc2n1. The van der Waals surface area contributed by atoms with Crippen molar-refractivity contribution in [2.45, 2.75) is 19.4 Å². The van der Waals surface area contributed by atoms with Gasteiger partial charge in [0.2, 0.25) is 0 Å². The number of nitrogens with one attached hydrogen (secondary N) is 1. The second-order valence-corrected chi connectivity index (χ2v) is 5.56. The van der Waals surface area contributed by atoms with E-state index in [0.717, 1.165) is 31.7 Å². The van der Waals surface area contributed by atoms with Crippen molar-refractivity contribution in [3.05, 3.63) is 48.2 Å². The van der Waals surface area contributed by atoms with E-state index >= 15 is 0 Å². The van der Waals surface area contributed by atoms with Gasteiger partial charge in [-0.05, 0) is 25.0 Å².